The van der Waals surface area contributed by atoms with E-state index in [-0.39, 0.29) is 18.0 Å². The van der Waals surface area contributed by atoms with Gasteiger partial charge in [-0.25, -0.2) is 4.98 Å². The fourth-order valence-corrected chi connectivity index (χ4v) is 2.55. The zero-order chi connectivity index (χ0) is 19.5. The lowest BCUT2D eigenvalue weighted by molar-refractivity contribution is -0.137. The standard InChI is InChI=1S/C17H18F3N3O2S/c1-16(2,3)14(25)23-15-22-12(9-26-15)8-13(24)21-11-6-4-10(5-7-11)17(18,19)20/h4-7,9H,8H2,1-3H3,(H,21,24)(H,22,23,25). The largest absolute Gasteiger partial charge is 0.416 e. The van der Waals surface area contributed by atoms with E-state index >= 15 is 0 Å². The lowest BCUT2D eigenvalue weighted by Gasteiger charge is -2.15. The summed E-state index contributed by atoms with van der Waals surface area (Å²) in [6.45, 7) is 5.32. The molecule has 2 aromatic rings. The molecule has 9 heteroatoms. The van der Waals surface area contributed by atoms with Crippen molar-refractivity contribution in [1.82, 2.24) is 4.98 Å². The number of aromatic nitrogens is 1. The molecule has 0 saturated heterocycles. The Hall–Kier alpha value is -2.42. The molecule has 140 valence electrons. The van der Waals surface area contributed by atoms with Gasteiger partial charge in [-0.2, -0.15) is 13.2 Å². The first-order valence-electron chi connectivity index (χ1n) is 7.68. The van der Waals surface area contributed by atoms with Crippen molar-refractivity contribution in [2.45, 2.75) is 33.4 Å². The van der Waals surface area contributed by atoms with Gasteiger partial charge in [-0.1, -0.05) is 20.8 Å². The number of carbonyl (C=O) groups excluding carboxylic acids is 2. The third kappa shape index (κ3) is 5.55. The first-order valence-corrected chi connectivity index (χ1v) is 8.56. The highest BCUT2D eigenvalue weighted by atomic mass is 32.1. The van der Waals surface area contributed by atoms with Gasteiger partial charge >= 0.3 is 6.18 Å². The molecule has 0 aliphatic heterocycles. The number of halogens is 3. The zero-order valence-electron chi connectivity index (χ0n) is 14.4. The number of amides is 2. The average molecular weight is 385 g/mol. The van der Waals surface area contributed by atoms with Crippen molar-refractivity contribution in [2.24, 2.45) is 5.41 Å². The van der Waals surface area contributed by atoms with Gasteiger partial charge in [0.2, 0.25) is 11.8 Å². The molecule has 1 aromatic carbocycles. The van der Waals surface area contributed by atoms with Crippen LogP contribution < -0.4 is 10.6 Å². The number of anilines is 2. The van der Waals surface area contributed by atoms with Gasteiger partial charge in [0.05, 0.1) is 17.7 Å². The maximum Gasteiger partial charge on any atom is 0.416 e. The molecule has 0 aliphatic rings. The molecule has 0 saturated carbocycles. The number of nitrogens with one attached hydrogen (secondary N) is 2. The molecular formula is C17H18F3N3O2S. The van der Waals surface area contributed by atoms with Gasteiger partial charge in [-0.3, -0.25) is 9.59 Å². The summed E-state index contributed by atoms with van der Waals surface area (Å²) in [4.78, 5) is 28.1. The minimum Gasteiger partial charge on any atom is -0.326 e. The molecule has 0 fully saturated rings. The molecule has 2 N–H and O–H groups in total. The quantitative estimate of drug-likeness (QED) is 0.823. The molecular weight excluding hydrogens is 367 g/mol. The van der Waals surface area contributed by atoms with E-state index in [2.05, 4.69) is 15.6 Å². The van der Waals surface area contributed by atoms with Gasteiger partial charge in [0.25, 0.3) is 0 Å². The van der Waals surface area contributed by atoms with Crippen LogP contribution in [-0.4, -0.2) is 16.8 Å². The number of rotatable bonds is 4. The number of hydrogen-bond acceptors (Lipinski definition) is 4. The molecule has 1 aromatic heterocycles. The van der Waals surface area contributed by atoms with Crippen LogP contribution in [0.15, 0.2) is 29.6 Å². The third-order valence-corrected chi connectivity index (χ3v) is 4.10. The molecule has 2 amide bonds. The summed E-state index contributed by atoms with van der Waals surface area (Å²) in [5.41, 5.74) is -0.622. The Labute approximate surface area is 152 Å². The van der Waals surface area contributed by atoms with E-state index in [1.807, 2.05) is 0 Å². The van der Waals surface area contributed by atoms with Crippen LogP contribution in [0.3, 0.4) is 0 Å². The van der Waals surface area contributed by atoms with Crippen LogP contribution in [0.2, 0.25) is 0 Å². The molecule has 26 heavy (non-hydrogen) atoms. The van der Waals surface area contributed by atoms with Crippen molar-refractivity contribution < 1.29 is 22.8 Å². The predicted octanol–water partition coefficient (Wildman–Crippen LogP) is 4.33. The van der Waals surface area contributed by atoms with Crippen molar-refractivity contribution in [3.05, 3.63) is 40.9 Å². The monoisotopic (exact) mass is 385 g/mol. The number of nitrogens with zero attached hydrogens (tertiary/aromatic N) is 1. The summed E-state index contributed by atoms with van der Waals surface area (Å²) < 4.78 is 37.5. The summed E-state index contributed by atoms with van der Waals surface area (Å²) in [5, 5.41) is 7.22. The second kappa shape index (κ2) is 7.45. The van der Waals surface area contributed by atoms with Crippen molar-refractivity contribution in [1.29, 1.82) is 0 Å². The summed E-state index contributed by atoms with van der Waals surface area (Å²) in [5.74, 6) is -0.601. The lowest BCUT2D eigenvalue weighted by atomic mass is 9.96. The van der Waals surface area contributed by atoms with E-state index in [1.165, 1.54) is 23.5 Å². The number of alkyl halides is 3. The molecule has 0 radical (unpaired) electrons. The van der Waals surface area contributed by atoms with Gasteiger partial charge in [0.1, 0.15) is 0 Å². The Kier molecular flexibility index (Phi) is 5.70. The van der Waals surface area contributed by atoms with Crippen LogP contribution in [-0.2, 0) is 22.2 Å². The Bertz CT molecular complexity index is 793. The summed E-state index contributed by atoms with van der Waals surface area (Å²) in [7, 11) is 0. The first-order chi connectivity index (χ1) is 11.9. The zero-order valence-corrected chi connectivity index (χ0v) is 15.2. The predicted molar refractivity (Wildman–Crippen MR) is 94.0 cm³/mol. The molecule has 2 rings (SSSR count). The maximum atomic E-state index is 12.5. The molecule has 5 nitrogen and oxygen atoms in total. The lowest BCUT2D eigenvalue weighted by Crippen LogP contribution is -2.27. The van der Waals surface area contributed by atoms with Gasteiger partial charge in [0, 0.05) is 16.5 Å². The van der Waals surface area contributed by atoms with Crippen molar-refractivity contribution >= 4 is 34.0 Å². The molecule has 0 spiro atoms. The van der Waals surface area contributed by atoms with Gasteiger partial charge in [0.15, 0.2) is 5.13 Å². The van der Waals surface area contributed by atoms with E-state index < -0.39 is 23.1 Å². The summed E-state index contributed by atoms with van der Waals surface area (Å²) in [6, 6.07) is 4.19. The second-order valence-corrected chi connectivity index (χ2v) is 7.51. The highest BCUT2D eigenvalue weighted by Crippen LogP contribution is 2.29. The highest BCUT2D eigenvalue weighted by molar-refractivity contribution is 7.13. The van der Waals surface area contributed by atoms with Crippen LogP contribution in [0.25, 0.3) is 0 Å². The third-order valence-electron chi connectivity index (χ3n) is 3.29. The molecule has 0 bridgehead atoms. The molecule has 0 aliphatic carbocycles. The SMILES string of the molecule is CC(C)(C)C(=O)Nc1nc(CC(=O)Nc2ccc(C(F)(F)F)cc2)cs1. The number of carbonyl (C=O) groups is 2. The van der Waals surface area contributed by atoms with Gasteiger partial charge in [-0.15, -0.1) is 11.3 Å². The Morgan fingerprint density at radius 2 is 1.69 bits per heavy atom. The van der Waals surface area contributed by atoms with Crippen LogP contribution in [0, 0.1) is 5.41 Å². The summed E-state index contributed by atoms with van der Waals surface area (Å²) in [6.07, 6.45) is -4.47. The fourth-order valence-electron chi connectivity index (χ4n) is 1.84. The topological polar surface area (TPSA) is 71.1 Å². The van der Waals surface area contributed by atoms with E-state index in [4.69, 9.17) is 0 Å². The maximum absolute atomic E-state index is 12.5. The van der Waals surface area contributed by atoms with Crippen molar-refractivity contribution in [3.8, 4) is 0 Å². The number of benzene rings is 1. The van der Waals surface area contributed by atoms with Crippen LogP contribution in [0.4, 0.5) is 24.0 Å². The number of thiazole rings is 1. The van der Waals surface area contributed by atoms with E-state index in [0.717, 1.165) is 12.1 Å². The van der Waals surface area contributed by atoms with Gasteiger partial charge < -0.3 is 10.6 Å². The fraction of sp³-hybridized carbons (Fsp3) is 0.353. The van der Waals surface area contributed by atoms with Crippen LogP contribution >= 0.6 is 11.3 Å². The van der Waals surface area contributed by atoms with E-state index in [9.17, 15) is 22.8 Å². The first kappa shape index (κ1) is 19.9. The summed E-state index contributed by atoms with van der Waals surface area (Å²) >= 11 is 1.20. The average Bonchev–Trinajstić information content (AvgIpc) is 2.92. The second-order valence-electron chi connectivity index (χ2n) is 6.65. The minimum atomic E-state index is -4.42. The highest BCUT2D eigenvalue weighted by Gasteiger charge is 2.30. The van der Waals surface area contributed by atoms with Crippen LogP contribution in [0.5, 0.6) is 0 Å². The molecule has 1 heterocycles. The van der Waals surface area contributed by atoms with Gasteiger partial charge in [-0.05, 0) is 24.3 Å². The Balaban J connectivity index is 1.93. The van der Waals surface area contributed by atoms with Crippen molar-refractivity contribution in [2.75, 3.05) is 10.6 Å². The molecule has 0 unspecified atom stereocenters. The minimum absolute atomic E-state index is 0.0527. The van der Waals surface area contributed by atoms with Crippen molar-refractivity contribution in [3.63, 3.8) is 0 Å². The number of hydrogen-bond donors (Lipinski definition) is 2. The molecule has 0 atom stereocenters. The van der Waals surface area contributed by atoms with Crippen LogP contribution in [0.1, 0.15) is 32.0 Å². The smallest absolute Gasteiger partial charge is 0.326 e. The Morgan fingerprint density at radius 1 is 1.08 bits per heavy atom. The normalized spacial score (nSPS) is 11.9. The van der Waals surface area contributed by atoms with E-state index in [0.29, 0.717) is 10.8 Å². The Morgan fingerprint density at radius 3 is 2.23 bits per heavy atom. The van der Waals surface area contributed by atoms with E-state index in [1.54, 1.807) is 26.2 Å².